The number of fused-ring (bicyclic) bond motifs is 3. The molecule has 1 atom stereocenters. The van der Waals surface area contributed by atoms with Crippen LogP contribution in [0.15, 0.2) is 60.7 Å². The minimum Gasteiger partial charge on any atom is -0.494 e. The Bertz CT molecular complexity index is 1230. The van der Waals surface area contributed by atoms with Crippen molar-refractivity contribution in [2.75, 3.05) is 6.61 Å². The van der Waals surface area contributed by atoms with Gasteiger partial charge < -0.3 is 14.2 Å². The molecule has 0 fully saturated rings. The van der Waals surface area contributed by atoms with Gasteiger partial charge in [-0.05, 0) is 90.0 Å². The van der Waals surface area contributed by atoms with E-state index in [1.807, 2.05) is 32.0 Å². The van der Waals surface area contributed by atoms with Gasteiger partial charge in [-0.15, -0.1) is 0 Å². The van der Waals surface area contributed by atoms with Gasteiger partial charge in [-0.3, -0.25) is 4.79 Å². The summed E-state index contributed by atoms with van der Waals surface area (Å²) in [6.45, 7) is 6.73. The third-order valence-corrected chi connectivity index (χ3v) is 6.87. The van der Waals surface area contributed by atoms with Crippen molar-refractivity contribution >= 4 is 11.9 Å². The molecule has 37 heavy (non-hydrogen) atoms. The van der Waals surface area contributed by atoms with Crippen LogP contribution in [0.25, 0.3) is 11.1 Å². The van der Waals surface area contributed by atoms with Crippen molar-refractivity contribution in [3.63, 3.8) is 0 Å². The zero-order chi connectivity index (χ0) is 26.2. The third kappa shape index (κ3) is 6.79. The van der Waals surface area contributed by atoms with Gasteiger partial charge >= 0.3 is 11.9 Å². The highest BCUT2D eigenvalue weighted by molar-refractivity contribution is 5.93. The SMILES string of the molecule is CCCCCCCOc1ccc2c(c1)Cc1cc(C(=O)Oc3ccc(OC(=O)C(C)CC)cc3)ccc1-2. The second-order valence-corrected chi connectivity index (χ2v) is 9.72. The molecule has 1 unspecified atom stereocenters. The van der Waals surface area contributed by atoms with Crippen LogP contribution < -0.4 is 14.2 Å². The van der Waals surface area contributed by atoms with E-state index >= 15 is 0 Å². The Morgan fingerprint density at radius 1 is 0.757 bits per heavy atom. The van der Waals surface area contributed by atoms with Gasteiger partial charge in [0, 0.05) is 0 Å². The molecule has 3 aromatic rings. The van der Waals surface area contributed by atoms with Crippen LogP contribution in [-0.4, -0.2) is 18.5 Å². The molecule has 0 radical (unpaired) electrons. The number of carbonyl (C=O) groups is 2. The monoisotopic (exact) mass is 500 g/mol. The van der Waals surface area contributed by atoms with E-state index < -0.39 is 5.97 Å². The summed E-state index contributed by atoms with van der Waals surface area (Å²) < 4.78 is 16.9. The van der Waals surface area contributed by atoms with Crippen molar-refractivity contribution in [1.82, 2.24) is 0 Å². The Kier molecular flexibility index (Phi) is 8.99. The van der Waals surface area contributed by atoms with Crippen molar-refractivity contribution < 1.29 is 23.8 Å². The molecule has 0 spiro atoms. The van der Waals surface area contributed by atoms with E-state index in [0.29, 0.717) is 23.5 Å². The predicted octanol–water partition coefficient (Wildman–Crippen LogP) is 7.78. The fourth-order valence-electron chi connectivity index (χ4n) is 4.42. The van der Waals surface area contributed by atoms with Crippen LogP contribution in [0.5, 0.6) is 17.2 Å². The van der Waals surface area contributed by atoms with Crippen LogP contribution in [0, 0.1) is 5.92 Å². The lowest BCUT2D eigenvalue weighted by atomic mass is 10.0. The number of hydrogen-bond acceptors (Lipinski definition) is 5. The lowest BCUT2D eigenvalue weighted by molar-refractivity contribution is -0.138. The molecule has 5 heteroatoms. The summed E-state index contributed by atoms with van der Waals surface area (Å²) in [6, 6.07) is 18.5. The van der Waals surface area contributed by atoms with Crippen molar-refractivity contribution in [3.05, 3.63) is 77.4 Å². The number of hydrogen-bond donors (Lipinski definition) is 0. The second-order valence-electron chi connectivity index (χ2n) is 9.72. The number of rotatable bonds is 12. The quantitative estimate of drug-likeness (QED) is 0.113. The maximum atomic E-state index is 12.8. The Balaban J connectivity index is 1.34. The summed E-state index contributed by atoms with van der Waals surface area (Å²) in [7, 11) is 0. The smallest absolute Gasteiger partial charge is 0.343 e. The molecule has 0 aliphatic heterocycles. The number of benzene rings is 3. The van der Waals surface area contributed by atoms with Crippen LogP contribution >= 0.6 is 0 Å². The van der Waals surface area contributed by atoms with Crippen LogP contribution in [0.3, 0.4) is 0 Å². The molecule has 0 heterocycles. The minimum atomic E-state index is -0.421. The van der Waals surface area contributed by atoms with Gasteiger partial charge in [0.15, 0.2) is 0 Å². The summed E-state index contributed by atoms with van der Waals surface area (Å²) in [6.07, 6.45) is 7.56. The van der Waals surface area contributed by atoms with E-state index in [9.17, 15) is 9.59 Å². The predicted molar refractivity (Wildman–Crippen MR) is 145 cm³/mol. The third-order valence-electron chi connectivity index (χ3n) is 6.87. The fourth-order valence-corrected chi connectivity index (χ4v) is 4.42. The molecule has 194 valence electrons. The van der Waals surface area contributed by atoms with E-state index in [0.717, 1.165) is 36.3 Å². The number of carbonyl (C=O) groups excluding carboxylic acids is 2. The van der Waals surface area contributed by atoms with Crippen LogP contribution in [0.4, 0.5) is 0 Å². The van der Waals surface area contributed by atoms with Crippen molar-refractivity contribution in [3.8, 4) is 28.4 Å². The topological polar surface area (TPSA) is 61.8 Å². The normalized spacial score (nSPS) is 12.4. The van der Waals surface area contributed by atoms with E-state index in [-0.39, 0.29) is 11.9 Å². The van der Waals surface area contributed by atoms with Gasteiger partial charge in [0.1, 0.15) is 17.2 Å². The van der Waals surface area contributed by atoms with Gasteiger partial charge in [-0.25, -0.2) is 4.79 Å². The molecule has 0 amide bonds. The highest BCUT2D eigenvalue weighted by Crippen LogP contribution is 2.39. The molecule has 0 saturated heterocycles. The standard InChI is InChI=1S/C32H36O5/c1-4-6-7-8-9-18-35-28-15-17-30-25(21-28)20-24-19-23(10-16-29(24)30)32(34)37-27-13-11-26(12-14-27)36-31(33)22(3)5-2/h10-17,19,21-22H,4-9,18,20H2,1-3H3. The van der Waals surface area contributed by atoms with Gasteiger partial charge in [0.25, 0.3) is 0 Å². The van der Waals surface area contributed by atoms with E-state index in [2.05, 4.69) is 19.1 Å². The first-order chi connectivity index (χ1) is 18.0. The first kappa shape index (κ1) is 26.5. The molecule has 1 aliphatic rings. The summed E-state index contributed by atoms with van der Waals surface area (Å²) in [5.74, 6) is 0.874. The van der Waals surface area contributed by atoms with Gasteiger partial charge in [-0.2, -0.15) is 0 Å². The molecule has 1 aliphatic carbocycles. The molecule has 0 aromatic heterocycles. The van der Waals surface area contributed by atoms with Crippen molar-refractivity contribution in [1.29, 1.82) is 0 Å². The number of ether oxygens (including phenoxy) is 3. The highest BCUT2D eigenvalue weighted by atomic mass is 16.5. The van der Waals surface area contributed by atoms with Gasteiger partial charge in [-0.1, -0.05) is 58.6 Å². The molecule has 0 bridgehead atoms. The lowest BCUT2D eigenvalue weighted by Gasteiger charge is -2.10. The zero-order valence-electron chi connectivity index (χ0n) is 22.0. The summed E-state index contributed by atoms with van der Waals surface area (Å²) >= 11 is 0. The Hall–Kier alpha value is -3.60. The lowest BCUT2D eigenvalue weighted by Crippen LogP contribution is -2.16. The first-order valence-corrected chi connectivity index (χ1v) is 13.4. The molecular formula is C32H36O5. The number of unbranched alkanes of at least 4 members (excludes halogenated alkanes) is 4. The van der Waals surface area contributed by atoms with E-state index in [4.69, 9.17) is 14.2 Å². The Morgan fingerprint density at radius 3 is 2.08 bits per heavy atom. The van der Waals surface area contributed by atoms with Crippen molar-refractivity contribution in [2.24, 2.45) is 5.92 Å². The maximum absolute atomic E-state index is 12.8. The fraction of sp³-hybridized carbons (Fsp3) is 0.375. The van der Waals surface area contributed by atoms with Crippen molar-refractivity contribution in [2.45, 2.75) is 65.7 Å². The molecule has 0 N–H and O–H groups in total. The first-order valence-electron chi connectivity index (χ1n) is 13.4. The zero-order valence-corrected chi connectivity index (χ0v) is 22.0. The van der Waals surface area contributed by atoms with Crippen LogP contribution in [-0.2, 0) is 11.2 Å². The highest BCUT2D eigenvalue weighted by Gasteiger charge is 2.21. The summed E-state index contributed by atoms with van der Waals surface area (Å²) in [5, 5.41) is 0. The van der Waals surface area contributed by atoms with Gasteiger partial charge in [0.05, 0.1) is 18.1 Å². The molecule has 3 aromatic carbocycles. The van der Waals surface area contributed by atoms with E-state index in [1.54, 1.807) is 30.3 Å². The maximum Gasteiger partial charge on any atom is 0.343 e. The summed E-state index contributed by atoms with van der Waals surface area (Å²) in [5.41, 5.74) is 5.15. The summed E-state index contributed by atoms with van der Waals surface area (Å²) in [4.78, 5) is 24.8. The van der Waals surface area contributed by atoms with Crippen LogP contribution in [0.2, 0.25) is 0 Å². The van der Waals surface area contributed by atoms with E-state index in [1.165, 1.54) is 36.8 Å². The van der Waals surface area contributed by atoms with Crippen LogP contribution in [0.1, 0.15) is 80.8 Å². The average Bonchev–Trinajstić information content (AvgIpc) is 3.28. The number of esters is 2. The Morgan fingerprint density at radius 2 is 1.38 bits per heavy atom. The van der Waals surface area contributed by atoms with Gasteiger partial charge in [0.2, 0.25) is 0 Å². The second kappa shape index (κ2) is 12.6. The molecule has 0 saturated carbocycles. The minimum absolute atomic E-state index is 0.164. The Labute approximate surface area is 219 Å². The molecule has 4 rings (SSSR count). The molecule has 5 nitrogen and oxygen atoms in total. The molecular weight excluding hydrogens is 464 g/mol. The average molecular weight is 501 g/mol. The largest absolute Gasteiger partial charge is 0.494 e.